The van der Waals surface area contributed by atoms with Gasteiger partial charge in [-0.1, -0.05) is 0 Å². The number of aliphatic carboxylic acids is 1. The van der Waals surface area contributed by atoms with Gasteiger partial charge in [0.2, 0.25) is 0 Å². The van der Waals surface area contributed by atoms with Gasteiger partial charge in [0.1, 0.15) is 6.04 Å². The third kappa shape index (κ3) is 5.07. The summed E-state index contributed by atoms with van der Waals surface area (Å²) in [6.45, 7) is 0.123. The molecule has 0 saturated heterocycles. The zero-order chi connectivity index (χ0) is 8.69. The summed E-state index contributed by atoms with van der Waals surface area (Å²) in [6.07, 6.45) is 0.996. The van der Waals surface area contributed by atoms with Crippen molar-refractivity contribution in [1.82, 2.24) is 0 Å². The van der Waals surface area contributed by atoms with Crippen LogP contribution in [0.5, 0.6) is 0 Å². The second kappa shape index (κ2) is 5.40. The highest BCUT2D eigenvalue weighted by atomic mass is 16.5. The Labute approximate surface area is 63.2 Å². The minimum atomic E-state index is -1.07. The molecule has 1 atom stereocenters. The first kappa shape index (κ1) is 9.61. The smallest absolute Gasteiger partial charge is 0.438 e. The van der Waals surface area contributed by atoms with Crippen molar-refractivity contribution in [2.75, 3.05) is 6.61 Å². The highest BCUT2D eigenvalue weighted by Gasteiger charge is 2.10. The van der Waals surface area contributed by atoms with Gasteiger partial charge in [-0.05, 0) is 0 Å². The molecule has 0 saturated carbocycles. The first-order valence-electron chi connectivity index (χ1n) is 2.94. The number of nitrogens with zero attached hydrogens (tertiary/aromatic N) is 2. The molecule has 3 N–H and O–H groups in total. The lowest BCUT2D eigenvalue weighted by atomic mass is 10.2. The highest BCUT2D eigenvalue weighted by Crippen LogP contribution is 1.87. The molecule has 6 nitrogen and oxygen atoms in total. The lowest BCUT2D eigenvalue weighted by Crippen LogP contribution is -2.31. The molecule has 0 amide bonds. The van der Waals surface area contributed by atoms with Crippen molar-refractivity contribution in [1.29, 1.82) is 0 Å². The van der Waals surface area contributed by atoms with Crippen LogP contribution in [0, 0.1) is 0 Å². The summed E-state index contributed by atoms with van der Waals surface area (Å²) in [6, 6.07) is -0.929. The molecular formula is C5H9N3O3. The van der Waals surface area contributed by atoms with Crippen LogP contribution in [0.25, 0.3) is 5.53 Å². The first-order valence-corrected chi connectivity index (χ1v) is 2.94. The van der Waals surface area contributed by atoms with Crippen molar-refractivity contribution in [2.45, 2.75) is 12.5 Å². The molecule has 0 fully saturated rings. The van der Waals surface area contributed by atoms with E-state index in [1.54, 1.807) is 0 Å². The van der Waals surface area contributed by atoms with Gasteiger partial charge in [0.05, 0.1) is 6.61 Å². The number of carboxylic acid groups (broad SMARTS) is 1. The fraction of sp³-hybridized carbons (Fsp3) is 0.600. The van der Waals surface area contributed by atoms with E-state index >= 15 is 0 Å². The number of ether oxygens (including phenoxy) is 1. The summed E-state index contributed by atoms with van der Waals surface area (Å²) in [5.74, 6) is -1.07. The number of carbonyl (C=O) groups is 1. The van der Waals surface area contributed by atoms with E-state index in [1.165, 1.54) is 0 Å². The van der Waals surface area contributed by atoms with Crippen molar-refractivity contribution in [2.24, 2.45) is 5.73 Å². The molecule has 6 heteroatoms. The lowest BCUT2D eigenvalue weighted by molar-refractivity contribution is -0.138. The van der Waals surface area contributed by atoms with Crippen molar-refractivity contribution < 1.29 is 19.4 Å². The molecule has 0 bridgehead atoms. The summed E-state index contributed by atoms with van der Waals surface area (Å²) in [7, 11) is 0. The maximum absolute atomic E-state index is 10.1. The Hall–Kier alpha value is -1.39. The maximum Gasteiger partial charge on any atom is 0.438 e. The minimum Gasteiger partial charge on any atom is -0.480 e. The summed E-state index contributed by atoms with van der Waals surface area (Å²) < 4.78 is 4.52. The van der Waals surface area contributed by atoms with E-state index in [0.29, 0.717) is 0 Å². The van der Waals surface area contributed by atoms with E-state index in [2.05, 4.69) is 9.53 Å². The predicted molar refractivity (Wildman–Crippen MR) is 35.9 cm³/mol. The molecular weight excluding hydrogens is 150 g/mol. The van der Waals surface area contributed by atoms with Crippen molar-refractivity contribution in [3.05, 3.63) is 5.53 Å². The van der Waals surface area contributed by atoms with E-state index in [0.717, 1.165) is 6.40 Å². The second-order valence-electron chi connectivity index (χ2n) is 1.83. The van der Waals surface area contributed by atoms with Crippen LogP contribution in [-0.2, 0) is 9.53 Å². The van der Waals surface area contributed by atoms with E-state index in [4.69, 9.17) is 16.4 Å². The van der Waals surface area contributed by atoms with Crippen LogP contribution in [-0.4, -0.2) is 34.9 Å². The van der Waals surface area contributed by atoms with Crippen LogP contribution >= 0.6 is 0 Å². The summed E-state index contributed by atoms with van der Waals surface area (Å²) >= 11 is 0. The van der Waals surface area contributed by atoms with Crippen LogP contribution in [0.4, 0.5) is 0 Å². The fourth-order valence-electron chi connectivity index (χ4n) is 0.405. The van der Waals surface area contributed by atoms with Crippen LogP contribution in [0.15, 0.2) is 0 Å². The summed E-state index contributed by atoms with van der Waals surface area (Å²) in [5.41, 5.74) is 12.9. The molecule has 0 aromatic rings. The quantitative estimate of drug-likeness (QED) is 0.177. The third-order valence-corrected chi connectivity index (χ3v) is 0.986. The van der Waals surface area contributed by atoms with Gasteiger partial charge < -0.3 is 21.1 Å². The van der Waals surface area contributed by atoms with E-state index < -0.39 is 12.0 Å². The molecule has 0 aliphatic heterocycles. The standard InChI is InChI=1S/C5H9N3O3/c6-4(5(9)10)1-2-11-3-8-7/h3-4H,1-2,6H2,(H,9,10)/t4-/m0/s1. The van der Waals surface area contributed by atoms with Gasteiger partial charge in [0, 0.05) is 6.42 Å². The largest absolute Gasteiger partial charge is 0.480 e. The fourth-order valence-corrected chi connectivity index (χ4v) is 0.405. The van der Waals surface area contributed by atoms with Crippen LogP contribution < -0.4 is 5.73 Å². The molecule has 0 spiro atoms. The maximum atomic E-state index is 10.1. The Morgan fingerprint density at radius 1 is 1.91 bits per heavy atom. The van der Waals surface area contributed by atoms with Gasteiger partial charge in [0.25, 0.3) is 0 Å². The molecule has 11 heavy (non-hydrogen) atoms. The normalized spacial score (nSPS) is 11.4. The molecule has 0 aromatic heterocycles. The third-order valence-electron chi connectivity index (χ3n) is 0.986. The number of hydrogen-bond acceptors (Lipinski definition) is 3. The van der Waals surface area contributed by atoms with Crippen molar-refractivity contribution in [3.8, 4) is 0 Å². The number of hydrogen-bond donors (Lipinski definition) is 2. The Kier molecular flexibility index (Phi) is 4.72. The van der Waals surface area contributed by atoms with Gasteiger partial charge in [-0.3, -0.25) is 4.79 Å². The molecule has 0 aromatic carbocycles. The van der Waals surface area contributed by atoms with Gasteiger partial charge >= 0.3 is 12.4 Å². The number of rotatable bonds is 5. The topological polar surface area (TPSA) is 109 Å². The zero-order valence-electron chi connectivity index (χ0n) is 5.80. The molecule has 0 rings (SSSR count). The Morgan fingerprint density at radius 2 is 2.55 bits per heavy atom. The second-order valence-corrected chi connectivity index (χ2v) is 1.83. The monoisotopic (exact) mass is 159 g/mol. The highest BCUT2D eigenvalue weighted by molar-refractivity contribution is 5.72. The van der Waals surface area contributed by atoms with Crippen LogP contribution in [0.1, 0.15) is 6.42 Å². The van der Waals surface area contributed by atoms with Crippen LogP contribution in [0.3, 0.4) is 0 Å². The first-order chi connectivity index (χ1) is 5.18. The molecule has 62 valence electrons. The average Bonchev–Trinajstić information content (AvgIpc) is 1.97. The van der Waals surface area contributed by atoms with Crippen molar-refractivity contribution >= 4 is 12.4 Å². The zero-order valence-corrected chi connectivity index (χ0v) is 5.80. The number of carboxylic acids is 1. The Balaban J connectivity index is 3.38. The average molecular weight is 159 g/mol. The minimum absolute atomic E-state index is 0.123. The lowest BCUT2D eigenvalue weighted by Gasteiger charge is -2.02. The Bertz CT molecular complexity index is 176. The van der Waals surface area contributed by atoms with E-state index in [-0.39, 0.29) is 13.0 Å². The van der Waals surface area contributed by atoms with Gasteiger partial charge in [-0.15, -0.1) is 4.79 Å². The summed E-state index contributed by atoms with van der Waals surface area (Å²) in [4.78, 5) is 12.6. The van der Waals surface area contributed by atoms with Crippen molar-refractivity contribution in [3.63, 3.8) is 0 Å². The van der Waals surface area contributed by atoms with E-state index in [1.807, 2.05) is 0 Å². The number of nitrogens with two attached hydrogens (primary N) is 1. The van der Waals surface area contributed by atoms with E-state index in [9.17, 15) is 4.79 Å². The predicted octanol–water partition coefficient (Wildman–Crippen LogP) is -0.937. The molecule has 0 radical (unpaired) electrons. The van der Waals surface area contributed by atoms with Crippen LogP contribution in [0.2, 0.25) is 0 Å². The van der Waals surface area contributed by atoms with Gasteiger partial charge in [-0.2, -0.15) is 0 Å². The summed E-state index contributed by atoms with van der Waals surface area (Å²) in [5, 5.41) is 8.27. The SMILES string of the molecule is [N-]=[N+]=COCC[C@H](N)C(=O)O. The molecule has 0 unspecified atom stereocenters. The van der Waals surface area contributed by atoms with Gasteiger partial charge in [0.15, 0.2) is 0 Å². The Morgan fingerprint density at radius 3 is 3.00 bits per heavy atom. The molecule has 0 heterocycles. The molecule has 0 aliphatic carbocycles. The van der Waals surface area contributed by atoms with Gasteiger partial charge in [-0.25, -0.2) is 0 Å². The molecule has 0 aliphatic rings.